The molecular formula is C9H15ClO2. The number of carboxylic acids is 1. The van der Waals surface area contributed by atoms with Crippen LogP contribution >= 0.6 is 11.6 Å². The lowest BCUT2D eigenvalue weighted by Gasteiger charge is -2.19. The molecule has 0 fully saturated rings. The Bertz CT molecular complexity index is 168. The highest BCUT2D eigenvalue weighted by molar-refractivity contribution is 6.17. The van der Waals surface area contributed by atoms with Crippen molar-refractivity contribution in [2.24, 2.45) is 5.41 Å². The van der Waals surface area contributed by atoms with Crippen molar-refractivity contribution in [3.63, 3.8) is 0 Å². The molecule has 1 atom stereocenters. The second-order valence-electron chi connectivity index (χ2n) is 3.07. The summed E-state index contributed by atoms with van der Waals surface area (Å²) in [5, 5.41) is 8.83. The number of unbranched alkanes of at least 4 members (excludes halogenated alkanes) is 1. The van der Waals surface area contributed by atoms with Crippen LogP contribution in [0.1, 0.15) is 26.2 Å². The molecule has 0 aromatic rings. The predicted molar refractivity (Wildman–Crippen MR) is 50.5 cm³/mol. The highest BCUT2D eigenvalue weighted by atomic mass is 35.5. The first-order valence-corrected chi connectivity index (χ1v) is 4.53. The van der Waals surface area contributed by atoms with E-state index in [1.165, 1.54) is 6.08 Å². The first-order valence-electron chi connectivity index (χ1n) is 4.00. The van der Waals surface area contributed by atoms with Gasteiger partial charge < -0.3 is 5.11 Å². The highest BCUT2D eigenvalue weighted by Crippen LogP contribution is 2.25. The standard InChI is InChI=1S/C9H15ClO2/c1-3-9(2,8(11)12)6-4-5-7-10/h3H,1,4-7H2,2H3,(H,11,12). The molecule has 0 aliphatic rings. The van der Waals surface area contributed by atoms with Crippen molar-refractivity contribution in [3.8, 4) is 0 Å². The molecule has 0 bridgehead atoms. The Kier molecular flexibility index (Phi) is 4.98. The molecule has 1 N–H and O–H groups in total. The van der Waals surface area contributed by atoms with E-state index in [2.05, 4.69) is 6.58 Å². The number of halogens is 1. The summed E-state index contributed by atoms with van der Waals surface area (Å²) in [4.78, 5) is 10.7. The van der Waals surface area contributed by atoms with E-state index in [0.717, 1.165) is 12.8 Å². The minimum atomic E-state index is -0.813. The summed E-state index contributed by atoms with van der Waals surface area (Å²) in [6, 6.07) is 0. The van der Waals surface area contributed by atoms with Crippen molar-refractivity contribution < 1.29 is 9.90 Å². The van der Waals surface area contributed by atoms with Gasteiger partial charge in [0.05, 0.1) is 5.41 Å². The maximum atomic E-state index is 10.7. The molecule has 1 unspecified atom stereocenters. The lowest BCUT2D eigenvalue weighted by molar-refractivity contribution is -0.145. The van der Waals surface area contributed by atoms with Crippen molar-refractivity contribution in [1.29, 1.82) is 0 Å². The van der Waals surface area contributed by atoms with Crippen LogP contribution in [0.2, 0.25) is 0 Å². The summed E-state index contributed by atoms with van der Waals surface area (Å²) < 4.78 is 0. The van der Waals surface area contributed by atoms with Crippen molar-refractivity contribution >= 4 is 17.6 Å². The molecule has 0 saturated carbocycles. The first kappa shape index (κ1) is 11.5. The number of alkyl halides is 1. The van der Waals surface area contributed by atoms with Crippen LogP contribution in [0.25, 0.3) is 0 Å². The third kappa shape index (κ3) is 3.26. The maximum Gasteiger partial charge on any atom is 0.313 e. The van der Waals surface area contributed by atoms with Gasteiger partial charge in [-0.1, -0.05) is 12.5 Å². The van der Waals surface area contributed by atoms with Gasteiger partial charge in [-0.05, 0) is 19.8 Å². The SMILES string of the molecule is C=CC(C)(CCCCCl)C(=O)O. The summed E-state index contributed by atoms with van der Waals surface area (Å²) in [6.45, 7) is 5.20. The molecule has 0 aliphatic heterocycles. The lowest BCUT2D eigenvalue weighted by atomic mass is 9.85. The predicted octanol–water partition coefficient (Wildman–Crippen LogP) is 2.67. The quantitative estimate of drug-likeness (QED) is 0.397. The Balaban J connectivity index is 3.97. The third-order valence-corrected chi connectivity index (χ3v) is 2.29. The number of carboxylic acid groups (broad SMARTS) is 1. The van der Waals surface area contributed by atoms with Crippen LogP contribution in [0, 0.1) is 5.41 Å². The number of carbonyl (C=O) groups is 1. The fourth-order valence-corrected chi connectivity index (χ4v) is 1.07. The molecular weight excluding hydrogens is 176 g/mol. The van der Waals surface area contributed by atoms with E-state index >= 15 is 0 Å². The van der Waals surface area contributed by atoms with E-state index in [9.17, 15) is 4.79 Å². The van der Waals surface area contributed by atoms with Crippen LogP contribution in [0.3, 0.4) is 0 Å². The summed E-state index contributed by atoms with van der Waals surface area (Å²) >= 11 is 5.48. The molecule has 0 saturated heterocycles. The molecule has 3 heteroatoms. The molecule has 0 amide bonds. The molecule has 2 nitrogen and oxygen atoms in total. The average molecular weight is 191 g/mol. The Morgan fingerprint density at radius 1 is 1.67 bits per heavy atom. The van der Waals surface area contributed by atoms with Crippen molar-refractivity contribution in [2.45, 2.75) is 26.2 Å². The summed E-state index contributed by atoms with van der Waals surface area (Å²) in [5.74, 6) is -0.223. The molecule has 0 spiro atoms. The smallest absolute Gasteiger partial charge is 0.313 e. The van der Waals surface area contributed by atoms with E-state index in [-0.39, 0.29) is 0 Å². The van der Waals surface area contributed by atoms with Crippen molar-refractivity contribution in [1.82, 2.24) is 0 Å². The van der Waals surface area contributed by atoms with E-state index < -0.39 is 11.4 Å². The second-order valence-corrected chi connectivity index (χ2v) is 3.45. The maximum absolute atomic E-state index is 10.7. The zero-order chi connectivity index (χ0) is 9.61. The van der Waals surface area contributed by atoms with Gasteiger partial charge in [-0.3, -0.25) is 4.79 Å². The summed E-state index contributed by atoms with van der Waals surface area (Å²) in [7, 11) is 0. The van der Waals surface area contributed by atoms with Crippen LogP contribution in [0.15, 0.2) is 12.7 Å². The average Bonchev–Trinajstić information content (AvgIpc) is 2.04. The van der Waals surface area contributed by atoms with Gasteiger partial charge >= 0.3 is 5.97 Å². The highest BCUT2D eigenvalue weighted by Gasteiger charge is 2.28. The number of hydrogen-bond donors (Lipinski definition) is 1. The van der Waals surface area contributed by atoms with Gasteiger partial charge in [0.1, 0.15) is 0 Å². The van der Waals surface area contributed by atoms with Crippen LogP contribution in [0.5, 0.6) is 0 Å². The third-order valence-electron chi connectivity index (χ3n) is 2.02. The normalized spacial score (nSPS) is 15.2. The van der Waals surface area contributed by atoms with E-state index in [0.29, 0.717) is 12.3 Å². The number of aliphatic carboxylic acids is 1. The van der Waals surface area contributed by atoms with Gasteiger partial charge in [0.2, 0.25) is 0 Å². The minimum absolute atomic E-state index is 0.590. The molecule has 0 radical (unpaired) electrons. The van der Waals surface area contributed by atoms with Gasteiger partial charge in [0, 0.05) is 5.88 Å². The van der Waals surface area contributed by atoms with Gasteiger partial charge in [-0.15, -0.1) is 18.2 Å². The molecule has 12 heavy (non-hydrogen) atoms. The molecule has 0 aromatic carbocycles. The van der Waals surface area contributed by atoms with Crippen LogP contribution in [0.4, 0.5) is 0 Å². The van der Waals surface area contributed by atoms with Gasteiger partial charge in [-0.2, -0.15) is 0 Å². The number of hydrogen-bond acceptors (Lipinski definition) is 1. The van der Waals surface area contributed by atoms with Crippen LogP contribution in [-0.2, 0) is 4.79 Å². The molecule has 0 heterocycles. The fourth-order valence-electron chi connectivity index (χ4n) is 0.883. The van der Waals surface area contributed by atoms with E-state index in [4.69, 9.17) is 16.7 Å². The summed E-state index contributed by atoms with van der Waals surface area (Å²) in [6.07, 6.45) is 3.79. The lowest BCUT2D eigenvalue weighted by Crippen LogP contribution is -2.24. The topological polar surface area (TPSA) is 37.3 Å². The largest absolute Gasteiger partial charge is 0.481 e. The van der Waals surface area contributed by atoms with Gasteiger partial charge in [0.15, 0.2) is 0 Å². The fraction of sp³-hybridized carbons (Fsp3) is 0.667. The molecule has 0 aromatic heterocycles. The Morgan fingerprint density at radius 2 is 2.25 bits per heavy atom. The van der Waals surface area contributed by atoms with Gasteiger partial charge in [0.25, 0.3) is 0 Å². The van der Waals surface area contributed by atoms with Gasteiger partial charge in [-0.25, -0.2) is 0 Å². The number of rotatable bonds is 6. The Hall–Kier alpha value is -0.500. The summed E-state index contributed by atoms with van der Waals surface area (Å²) in [5.41, 5.74) is -0.786. The van der Waals surface area contributed by atoms with Crippen LogP contribution < -0.4 is 0 Å². The van der Waals surface area contributed by atoms with E-state index in [1.54, 1.807) is 6.92 Å². The van der Waals surface area contributed by atoms with Crippen LogP contribution in [-0.4, -0.2) is 17.0 Å². The van der Waals surface area contributed by atoms with Crippen molar-refractivity contribution in [2.75, 3.05) is 5.88 Å². The van der Waals surface area contributed by atoms with Crippen molar-refractivity contribution in [3.05, 3.63) is 12.7 Å². The first-order chi connectivity index (χ1) is 5.56. The van der Waals surface area contributed by atoms with E-state index in [1.807, 2.05) is 0 Å². The Morgan fingerprint density at radius 3 is 2.58 bits per heavy atom. The molecule has 0 aliphatic carbocycles. The zero-order valence-electron chi connectivity index (χ0n) is 7.35. The molecule has 70 valence electrons. The monoisotopic (exact) mass is 190 g/mol. The Labute approximate surface area is 78.2 Å². The molecule has 0 rings (SSSR count). The minimum Gasteiger partial charge on any atom is -0.481 e. The zero-order valence-corrected chi connectivity index (χ0v) is 8.10. The second kappa shape index (κ2) is 5.20.